The van der Waals surface area contributed by atoms with E-state index in [1.54, 1.807) is 11.3 Å². The number of esters is 1. The Balaban J connectivity index is 1.27. The number of nitrogens with zero attached hydrogens (tertiary/aromatic N) is 2. The molecule has 0 bridgehead atoms. The van der Waals surface area contributed by atoms with Crippen molar-refractivity contribution < 1.29 is 19.1 Å². The number of carbonyl (C=O) groups excluding carboxylic acids is 2. The average Bonchev–Trinajstić information content (AvgIpc) is 3.40. The zero-order valence-corrected chi connectivity index (χ0v) is 19.9. The van der Waals surface area contributed by atoms with Gasteiger partial charge in [0.25, 0.3) is 5.91 Å². The normalized spacial score (nSPS) is 12.7. The summed E-state index contributed by atoms with van der Waals surface area (Å²) in [5, 5.41) is 2.91. The summed E-state index contributed by atoms with van der Waals surface area (Å²) in [6.07, 6.45) is 1.55. The van der Waals surface area contributed by atoms with Gasteiger partial charge in [0, 0.05) is 16.5 Å². The van der Waals surface area contributed by atoms with Crippen molar-refractivity contribution >= 4 is 28.9 Å². The van der Waals surface area contributed by atoms with Crippen molar-refractivity contribution in [1.82, 2.24) is 4.98 Å². The van der Waals surface area contributed by atoms with Gasteiger partial charge in [-0.1, -0.05) is 60.7 Å². The average molecular weight is 485 g/mol. The number of aryl methyl sites for hydroxylation is 1. The zero-order valence-electron chi connectivity index (χ0n) is 19.1. The number of amides is 1. The van der Waals surface area contributed by atoms with Crippen LogP contribution in [0.4, 0.5) is 5.69 Å². The Labute approximate surface area is 207 Å². The van der Waals surface area contributed by atoms with Crippen LogP contribution >= 0.6 is 11.3 Å². The molecule has 7 heteroatoms. The van der Waals surface area contributed by atoms with Gasteiger partial charge in [0.2, 0.25) is 0 Å². The van der Waals surface area contributed by atoms with E-state index in [1.165, 1.54) is 10.5 Å². The van der Waals surface area contributed by atoms with E-state index in [0.717, 1.165) is 34.7 Å². The van der Waals surface area contributed by atoms with E-state index in [9.17, 15) is 9.59 Å². The van der Waals surface area contributed by atoms with Gasteiger partial charge in [-0.25, -0.2) is 4.98 Å². The van der Waals surface area contributed by atoms with E-state index in [-0.39, 0.29) is 19.1 Å². The first-order chi connectivity index (χ1) is 17.2. The summed E-state index contributed by atoms with van der Waals surface area (Å²) < 4.78 is 11.0. The van der Waals surface area contributed by atoms with Crippen LogP contribution in [0.25, 0.3) is 21.8 Å². The summed E-state index contributed by atoms with van der Waals surface area (Å²) in [5.74, 6) is -0.160. The third-order valence-electron chi connectivity index (χ3n) is 5.73. The van der Waals surface area contributed by atoms with E-state index < -0.39 is 5.97 Å². The highest BCUT2D eigenvalue weighted by Crippen LogP contribution is 2.37. The van der Waals surface area contributed by atoms with Crippen LogP contribution in [0.3, 0.4) is 0 Å². The fourth-order valence-electron chi connectivity index (χ4n) is 3.94. The van der Waals surface area contributed by atoms with Crippen molar-refractivity contribution in [3.63, 3.8) is 0 Å². The largest absolute Gasteiger partial charge is 0.482 e. The molecular weight excluding hydrogens is 460 g/mol. The number of thiazole rings is 1. The molecule has 0 N–H and O–H groups in total. The molecule has 0 radical (unpaired) electrons. The molecule has 1 aromatic heterocycles. The third-order valence-corrected chi connectivity index (χ3v) is 6.62. The van der Waals surface area contributed by atoms with Crippen LogP contribution in [0, 0.1) is 0 Å². The van der Waals surface area contributed by atoms with Crippen molar-refractivity contribution in [3.8, 4) is 27.6 Å². The summed E-state index contributed by atoms with van der Waals surface area (Å²) in [7, 11) is 0. The van der Waals surface area contributed by atoms with Crippen molar-refractivity contribution in [2.75, 3.05) is 24.7 Å². The fourth-order valence-corrected chi connectivity index (χ4v) is 4.77. The Morgan fingerprint density at radius 2 is 1.77 bits per heavy atom. The second-order valence-corrected chi connectivity index (χ2v) is 9.02. The van der Waals surface area contributed by atoms with E-state index in [0.29, 0.717) is 18.0 Å². The molecular formula is C28H24N2O4S. The van der Waals surface area contributed by atoms with E-state index in [1.807, 2.05) is 84.2 Å². The predicted molar refractivity (Wildman–Crippen MR) is 137 cm³/mol. The molecule has 3 aromatic carbocycles. The van der Waals surface area contributed by atoms with Crippen molar-refractivity contribution in [1.29, 1.82) is 0 Å². The minimum atomic E-state index is -0.440. The Hall–Kier alpha value is -3.97. The molecule has 1 aliphatic heterocycles. The van der Waals surface area contributed by atoms with Crippen LogP contribution in [0.15, 0.2) is 84.2 Å². The molecule has 0 aliphatic carbocycles. The summed E-state index contributed by atoms with van der Waals surface area (Å²) in [6, 6.07) is 25.6. The standard InChI is InChI=1S/C28H24N2O4S/c31-26-18-34-25-14-13-22(23-19-35-28(29-23)21-11-5-2-6-12-21)16-24(25)30(26)17-27(32)33-15-7-10-20-8-3-1-4-9-20/h1-6,8-9,11-14,16,19H,7,10,15,17-18H2. The molecule has 35 heavy (non-hydrogen) atoms. The Morgan fingerprint density at radius 1 is 1.00 bits per heavy atom. The number of hydrogen-bond donors (Lipinski definition) is 0. The number of aromatic nitrogens is 1. The van der Waals surface area contributed by atoms with Gasteiger partial charge in [-0.2, -0.15) is 0 Å². The van der Waals surface area contributed by atoms with Crippen LogP contribution in [0.1, 0.15) is 12.0 Å². The number of fused-ring (bicyclic) bond motifs is 1. The molecule has 0 saturated heterocycles. The molecule has 1 aliphatic rings. The summed E-state index contributed by atoms with van der Waals surface area (Å²) >= 11 is 1.56. The van der Waals surface area contributed by atoms with Gasteiger partial charge in [0.1, 0.15) is 17.3 Å². The SMILES string of the molecule is O=C(CN1C(=O)COc2ccc(-c3csc(-c4ccccc4)n3)cc21)OCCCc1ccccc1. The second kappa shape index (κ2) is 10.5. The Morgan fingerprint density at radius 3 is 2.57 bits per heavy atom. The maximum absolute atomic E-state index is 12.6. The van der Waals surface area contributed by atoms with Crippen LogP contribution in [-0.2, 0) is 20.7 Å². The Bertz CT molecular complexity index is 1320. The minimum absolute atomic E-state index is 0.109. The number of ether oxygens (including phenoxy) is 2. The Kier molecular flexibility index (Phi) is 6.86. The van der Waals surface area contributed by atoms with Gasteiger partial charge in [-0.3, -0.25) is 14.5 Å². The molecule has 0 unspecified atom stereocenters. The van der Waals surface area contributed by atoms with Crippen molar-refractivity contribution in [2.24, 2.45) is 0 Å². The van der Waals surface area contributed by atoms with E-state index >= 15 is 0 Å². The molecule has 4 aromatic rings. The fraction of sp³-hybridized carbons (Fsp3) is 0.179. The number of rotatable bonds is 8. The van der Waals surface area contributed by atoms with Gasteiger partial charge < -0.3 is 9.47 Å². The predicted octanol–water partition coefficient (Wildman–Crippen LogP) is 5.38. The summed E-state index contributed by atoms with van der Waals surface area (Å²) in [5.41, 5.74) is 4.46. The lowest BCUT2D eigenvalue weighted by molar-refractivity contribution is -0.143. The molecule has 0 fully saturated rings. The molecule has 176 valence electrons. The first-order valence-corrected chi connectivity index (χ1v) is 12.3. The molecule has 1 amide bonds. The molecule has 5 rings (SSSR count). The maximum atomic E-state index is 12.6. The quantitative estimate of drug-likeness (QED) is 0.248. The van der Waals surface area contributed by atoms with Gasteiger partial charge >= 0.3 is 5.97 Å². The number of carbonyl (C=O) groups is 2. The molecule has 2 heterocycles. The van der Waals surface area contributed by atoms with Crippen molar-refractivity contribution in [3.05, 3.63) is 89.8 Å². The molecule has 0 saturated carbocycles. The highest BCUT2D eigenvalue weighted by Gasteiger charge is 2.28. The van der Waals surface area contributed by atoms with Crippen molar-refractivity contribution in [2.45, 2.75) is 12.8 Å². The van der Waals surface area contributed by atoms with Gasteiger partial charge in [-0.05, 0) is 36.6 Å². The van der Waals surface area contributed by atoms with Gasteiger partial charge in [-0.15, -0.1) is 11.3 Å². The highest BCUT2D eigenvalue weighted by molar-refractivity contribution is 7.13. The van der Waals surface area contributed by atoms with E-state index in [2.05, 4.69) is 0 Å². The highest BCUT2D eigenvalue weighted by atomic mass is 32.1. The lowest BCUT2D eigenvalue weighted by Crippen LogP contribution is -2.42. The van der Waals surface area contributed by atoms with Gasteiger partial charge in [0.15, 0.2) is 6.61 Å². The maximum Gasteiger partial charge on any atom is 0.326 e. The molecule has 0 atom stereocenters. The monoisotopic (exact) mass is 484 g/mol. The first kappa shape index (κ1) is 22.8. The van der Waals surface area contributed by atoms with Gasteiger partial charge in [0.05, 0.1) is 18.0 Å². The van der Waals surface area contributed by atoms with Crippen LogP contribution < -0.4 is 9.64 Å². The van der Waals surface area contributed by atoms with Crippen LogP contribution in [-0.4, -0.2) is 36.6 Å². The topological polar surface area (TPSA) is 68.7 Å². The third kappa shape index (κ3) is 5.41. The second-order valence-electron chi connectivity index (χ2n) is 8.16. The number of anilines is 1. The lowest BCUT2D eigenvalue weighted by atomic mass is 10.1. The summed E-state index contributed by atoms with van der Waals surface area (Å²) in [4.78, 5) is 31.3. The number of benzene rings is 3. The number of hydrogen-bond acceptors (Lipinski definition) is 6. The van der Waals surface area contributed by atoms with E-state index in [4.69, 9.17) is 14.5 Å². The smallest absolute Gasteiger partial charge is 0.326 e. The minimum Gasteiger partial charge on any atom is -0.482 e. The van der Waals surface area contributed by atoms with Crippen LogP contribution in [0.2, 0.25) is 0 Å². The zero-order chi connectivity index (χ0) is 24.0. The lowest BCUT2D eigenvalue weighted by Gasteiger charge is -2.29. The molecule has 6 nitrogen and oxygen atoms in total. The first-order valence-electron chi connectivity index (χ1n) is 11.5. The van der Waals surface area contributed by atoms with Crippen LogP contribution in [0.5, 0.6) is 5.75 Å². The molecule has 0 spiro atoms. The summed E-state index contributed by atoms with van der Waals surface area (Å²) in [6.45, 7) is 0.0407.